The quantitative estimate of drug-likeness (QED) is 0.576. The molecule has 0 radical (unpaired) electrons. The first-order valence-electron chi connectivity index (χ1n) is 4.38. The topological polar surface area (TPSA) is 52.0 Å². The van der Waals surface area contributed by atoms with Crippen molar-refractivity contribution in [2.24, 2.45) is 5.73 Å². The molecule has 13 heavy (non-hydrogen) atoms. The van der Waals surface area contributed by atoms with Crippen LogP contribution in [0.4, 0.5) is 5.69 Å². The smallest absolute Gasteiger partial charge is 0.0318 e. The Balaban J connectivity index is 2.92. The molecule has 1 aromatic carbocycles. The van der Waals surface area contributed by atoms with Crippen LogP contribution in [0.15, 0.2) is 23.1 Å². The molecule has 0 spiro atoms. The fraction of sp³-hybridized carbons (Fsp3) is 0.400. The van der Waals surface area contributed by atoms with Gasteiger partial charge >= 0.3 is 0 Å². The van der Waals surface area contributed by atoms with E-state index in [1.54, 1.807) is 0 Å². The van der Waals surface area contributed by atoms with Gasteiger partial charge in [0.1, 0.15) is 0 Å². The second kappa shape index (κ2) is 4.53. The van der Waals surface area contributed by atoms with Crippen molar-refractivity contribution in [3.05, 3.63) is 23.8 Å². The normalized spacial score (nSPS) is 10.8. The maximum absolute atomic E-state index is 5.67. The Morgan fingerprint density at radius 2 is 2.08 bits per heavy atom. The molecule has 0 bridgehead atoms. The molecule has 0 unspecified atom stereocenters. The minimum absolute atomic E-state index is 0.556. The lowest BCUT2D eigenvalue weighted by atomic mass is 10.2. The van der Waals surface area contributed by atoms with Crippen LogP contribution in [0, 0.1) is 0 Å². The van der Waals surface area contributed by atoms with Gasteiger partial charge in [0.15, 0.2) is 0 Å². The van der Waals surface area contributed by atoms with E-state index in [4.69, 9.17) is 11.5 Å². The van der Waals surface area contributed by atoms with Gasteiger partial charge in [0.25, 0.3) is 0 Å². The first kappa shape index (κ1) is 10.4. The summed E-state index contributed by atoms with van der Waals surface area (Å²) >= 11 is 1.82. The second-order valence-corrected chi connectivity index (χ2v) is 4.86. The van der Waals surface area contributed by atoms with Crippen molar-refractivity contribution in [2.45, 2.75) is 30.5 Å². The highest BCUT2D eigenvalue weighted by Gasteiger charge is 2.04. The number of thioether (sulfide) groups is 1. The fourth-order valence-corrected chi connectivity index (χ4v) is 2.08. The van der Waals surface area contributed by atoms with Crippen LogP contribution in [0.3, 0.4) is 0 Å². The number of anilines is 1. The van der Waals surface area contributed by atoms with Crippen molar-refractivity contribution in [1.82, 2.24) is 0 Å². The number of nitrogens with two attached hydrogens (primary N) is 2. The van der Waals surface area contributed by atoms with Crippen molar-refractivity contribution in [3.8, 4) is 0 Å². The SMILES string of the molecule is CC(C)Sc1ccc(N)cc1CN. The third-order valence-corrected chi connectivity index (χ3v) is 2.79. The molecule has 0 aromatic heterocycles. The predicted molar refractivity (Wildman–Crippen MR) is 59.7 cm³/mol. The van der Waals surface area contributed by atoms with Gasteiger partial charge in [-0.05, 0) is 23.8 Å². The van der Waals surface area contributed by atoms with Crippen molar-refractivity contribution >= 4 is 17.4 Å². The average molecular weight is 196 g/mol. The van der Waals surface area contributed by atoms with Crippen LogP contribution in [-0.2, 0) is 6.54 Å². The van der Waals surface area contributed by atoms with E-state index >= 15 is 0 Å². The van der Waals surface area contributed by atoms with E-state index in [9.17, 15) is 0 Å². The Hall–Kier alpha value is -0.670. The summed E-state index contributed by atoms with van der Waals surface area (Å²) in [6.07, 6.45) is 0. The molecule has 3 heteroatoms. The van der Waals surface area contributed by atoms with Gasteiger partial charge in [0, 0.05) is 22.4 Å². The van der Waals surface area contributed by atoms with Crippen LogP contribution in [0.25, 0.3) is 0 Å². The monoisotopic (exact) mass is 196 g/mol. The van der Waals surface area contributed by atoms with Crippen LogP contribution in [-0.4, -0.2) is 5.25 Å². The van der Waals surface area contributed by atoms with Gasteiger partial charge in [-0.25, -0.2) is 0 Å². The van der Waals surface area contributed by atoms with Gasteiger partial charge in [-0.3, -0.25) is 0 Å². The molecule has 0 amide bonds. The molecule has 0 aliphatic rings. The molecule has 0 fully saturated rings. The van der Waals surface area contributed by atoms with Gasteiger partial charge in [0.2, 0.25) is 0 Å². The third-order valence-electron chi connectivity index (χ3n) is 1.67. The molecule has 72 valence electrons. The lowest BCUT2D eigenvalue weighted by molar-refractivity contribution is 1.02. The average Bonchev–Trinajstić information content (AvgIpc) is 2.07. The summed E-state index contributed by atoms with van der Waals surface area (Å²) in [5.74, 6) is 0. The minimum atomic E-state index is 0.556. The second-order valence-electron chi connectivity index (χ2n) is 3.24. The lowest BCUT2D eigenvalue weighted by Gasteiger charge is -2.10. The Kier molecular flexibility index (Phi) is 3.63. The van der Waals surface area contributed by atoms with Crippen LogP contribution >= 0.6 is 11.8 Å². The molecule has 4 N–H and O–H groups in total. The maximum atomic E-state index is 5.67. The summed E-state index contributed by atoms with van der Waals surface area (Å²) in [7, 11) is 0. The van der Waals surface area contributed by atoms with Gasteiger partial charge in [-0.1, -0.05) is 13.8 Å². The lowest BCUT2D eigenvalue weighted by Crippen LogP contribution is -2.01. The molecule has 1 rings (SSSR count). The van der Waals surface area contributed by atoms with Crippen LogP contribution < -0.4 is 11.5 Å². The maximum Gasteiger partial charge on any atom is 0.0318 e. The van der Waals surface area contributed by atoms with Gasteiger partial charge in [-0.15, -0.1) is 11.8 Å². The van der Waals surface area contributed by atoms with Crippen LogP contribution in [0.2, 0.25) is 0 Å². The zero-order chi connectivity index (χ0) is 9.84. The Morgan fingerprint density at radius 3 is 2.62 bits per heavy atom. The number of rotatable bonds is 3. The molecule has 0 heterocycles. The van der Waals surface area contributed by atoms with Crippen LogP contribution in [0.5, 0.6) is 0 Å². The van der Waals surface area contributed by atoms with Crippen molar-refractivity contribution < 1.29 is 0 Å². The van der Waals surface area contributed by atoms with E-state index in [0.717, 1.165) is 11.3 Å². The van der Waals surface area contributed by atoms with E-state index in [2.05, 4.69) is 13.8 Å². The Bertz CT molecular complexity index is 284. The highest BCUT2D eigenvalue weighted by Crippen LogP contribution is 2.27. The molecule has 0 saturated heterocycles. The molecule has 2 nitrogen and oxygen atoms in total. The first-order chi connectivity index (χ1) is 6.13. The van der Waals surface area contributed by atoms with Gasteiger partial charge in [-0.2, -0.15) is 0 Å². The van der Waals surface area contributed by atoms with Crippen molar-refractivity contribution in [3.63, 3.8) is 0 Å². The minimum Gasteiger partial charge on any atom is -0.399 e. The van der Waals surface area contributed by atoms with E-state index in [1.165, 1.54) is 4.90 Å². The summed E-state index contributed by atoms with van der Waals surface area (Å²) in [6.45, 7) is 4.89. The first-order valence-corrected chi connectivity index (χ1v) is 5.26. The number of benzene rings is 1. The predicted octanol–water partition coefficient (Wildman–Crippen LogP) is 2.23. The fourth-order valence-electron chi connectivity index (χ4n) is 1.13. The van der Waals surface area contributed by atoms with E-state index < -0.39 is 0 Å². The van der Waals surface area contributed by atoms with Gasteiger partial charge < -0.3 is 11.5 Å². The van der Waals surface area contributed by atoms with E-state index in [-0.39, 0.29) is 0 Å². The highest BCUT2D eigenvalue weighted by molar-refractivity contribution is 8.00. The molecule has 0 aliphatic heterocycles. The molecular weight excluding hydrogens is 180 g/mol. The van der Waals surface area contributed by atoms with Crippen LogP contribution in [0.1, 0.15) is 19.4 Å². The Labute approximate surface area is 83.7 Å². The molecular formula is C10H16N2S. The summed E-state index contributed by atoms with van der Waals surface area (Å²) in [4.78, 5) is 1.24. The summed E-state index contributed by atoms with van der Waals surface area (Å²) < 4.78 is 0. The number of hydrogen-bond donors (Lipinski definition) is 2. The third kappa shape index (κ3) is 2.94. The van der Waals surface area contributed by atoms with Crippen molar-refractivity contribution in [2.75, 3.05) is 5.73 Å². The standard InChI is InChI=1S/C10H16N2S/c1-7(2)13-10-4-3-9(12)5-8(10)6-11/h3-5,7H,6,11-12H2,1-2H3. The summed E-state index contributed by atoms with van der Waals surface area (Å²) in [6, 6.07) is 5.91. The number of hydrogen-bond acceptors (Lipinski definition) is 3. The molecule has 1 aromatic rings. The number of nitrogen functional groups attached to an aromatic ring is 1. The molecule has 0 aliphatic carbocycles. The van der Waals surface area contributed by atoms with E-state index in [0.29, 0.717) is 11.8 Å². The van der Waals surface area contributed by atoms with E-state index in [1.807, 2.05) is 30.0 Å². The summed E-state index contributed by atoms with van der Waals surface area (Å²) in [5.41, 5.74) is 13.2. The summed E-state index contributed by atoms with van der Waals surface area (Å²) in [5, 5.41) is 0.578. The largest absolute Gasteiger partial charge is 0.399 e. The molecule has 0 saturated carbocycles. The van der Waals surface area contributed by atoms with Crippen molar-refractivity contribution in [1.29, 1.82) is 0 Å². The Morgan fingerprint density at radius 1 is 1.38 bits per heavy atom. The molecule has 0 atom stereocenters. The van der Waals surface area contributed by atoms with Gasteiger partial charge in [0.05, 0.1) is 0 Å². The zero-order valence-corrected chi connectivity index (χ0v) is 8.90. The zero-order valence-electron chi connectivity index (χ0n) is 8.08. The highest BCUT2D eigenvalue weighted by atomic mass is 32.2.